The lowest BCUT2D eigenvalue weighted by molar-refractivity contribution is -0.157. The SMILES string of the molecule is Cc1cc2nc(C)n(COC(=O)C(C)(C)C)c(=O)c2cc1CN(C)c1cccc(C(=O)O)c1-c1c(F)c(F)c(F)c(F)c1F. The summed E-state index contributed by atoms with van der Waals surface area (Å²) in [5.74, 6) is -13.1. The number of nitrogens with zero attached hydrogens (tertiary/aromatic N) is 3. The summed E-state index contributed by atoms with van der Waals surface area (Å²) in [7, 11) is 1.43. The molecule has 0 unspecified atom stereocenters. The van der Waals surface area contributed by atoms with Crippen LogP contribution in [-0.4, -0.2) is 33.6 Å². The van der Waals surface area contributed by atoms with Gasteiger partial charge in [0.2, 0.25) is 5.82 Å². The van der Waals surface area contributed by atoms with Crippen LogP contribution >= 0.6 is 0 Å². The second-order valence-corrected chi connectivity index (χ2v) is 11.3. The van der Waals surface area contributed by atoms with E-state index < -0.39 is 68.7 Å². The van der Waals surface area contributed by atoms with Crippen LogP contribution in [0.3, 0.4) is 0 Å². The molecule has 1 heterocycles. The Morgan fingerprint density at radius 2 is 1.55 bits per heavy atom. The van der Waals surface area contributed by atoms with Crippen molar-refractivity contribution in [3.05, 3.63) is 92.3 Å². The van der Waals surface area contributed by atoms with Crippen molar-refractivity contribution in [2.75, 3.05) is 11.9 Å². The molecule has 0 atom stereocenters. The van der Waals surface area contributed by atoms with Crippen LogP contribution in [0.25, 0.3) is 22.0 Å². The van der Waals surface area contributed by atoms with Gasteiger partial charge in [-0.1, -0.05) is 6.07 Å². The number of anilines is 1. The van der Waals surface area contributed by atoms with Crippen LogP contribution in [0.1, 0.15) is 48.1 Å². The molecule has 8 nitrogen and oxygen atoms in total. The van der Waals surface area contributed by atoms with Crippen LogP contribution in [0, 0.1) is 48.3 Å². The second kappa shape index (κ2) is 11.7. The molecule has 0 fully saturated rings. The van der Waals surface area contributed by atoms with E-state index in [-0.39, 0.29) is 24.3 Å². The molecule has 0 saturated heterocycles. The van der Waals surface area contributed by atoms with Crippen molar-refractivity contribution in [1.29, 1.82) is 0 Å². The monoisotopic (exact) mass is 617 g/mol. The number of carbonyl (C=O) groups excluding carboxylic acids is 1. The van der Waals surface area contributed by atoms with Crippen molar-refractivity contribution in [2.24, 2.45) is 5.41 Å². The van der Waals surface area contributed by atoms with Crippen molar-refractivity contribution in [3.8, 4) is 11.1 Å². The van der Waals surface area contributed by atoms with Crippen molar-refractivity contribution in [3.63, 3.8) is 0 Å². The molecule has 3 aromatic carbocycles. The standard InChI is InChI=1S/C31H28F5N3O5/c1-14-10-19-18(28(40)39(15(2)37-19)13-44-30(43)31(3,4)5)11-16(14)12-38(6)20-9-7-8-17(29(41)42)21(20)22-23(32)25(34)27(36)26(35)24(22)33/h7-11H,12-13H2,1-6H3,(H,41,42). The molecular formula is C31H28F5N3O5. The van der Waals surface area contributed by atoms with Gasteiger partial charge in [-0.05, 0) is 70.0 Å². The largest absolute Gasteiger partial charge is 0.478 e. The number of aromatic carboxylic acids is 1. The van der Waals surface area contributed by atoms with Crippen molar-refractivity contribution >= 4 is 28.5 Å². The molecular weight excluding hydrogens is 589 g/mol. The Hall–Kier alpha value is -4.81. The van der Waals surface area contributed by atoms with E-state index in [0.717, 1.165) is 6.07 Å². The van der Waals surface area contributed by atoms with Gasteiger partial charge in [-0.3, -0.25) is 14.2 Å². The summed E-state index contributed by atoms with van der Waals surface area (Å²) < 4.78 is 78.5. The number of fused-ring (bicyclic) bond motifs is 1. The molecule has 4 rings (SSSR count). The van der Waals surface area contributed by atoms with Crippen LogP contribution in [-0.2, 0) is 22.8 Å². The number of rotatable bonds is 7. The zero-order valence-corrected chi connectivity index (χ0v) is 24.6. The summed E-state index contributed by atoms with van der Waals surface area (Å²) in [5, 5.41) is 9.92. The lowest BCUT2D eigenvalue weighted by atomic mass is 9.95. The normalized spacial score (nSPS) is 11.6. The first-order chi connectivity index (χ1) is 20.4. The maximum absolute atomic E-state index is 14.9. The van der Waals surface area contributed by atoms with Gasteiger partial charge in [-0.25, -0.2) is 31.7 Å². The third kappa shape index (κ3) is 5.73. The molecule has 232 valence electrons. The molecule has 1 N–H and O–H groups in total. The molecule has 0 aliphatic heterocycles. The minimum absolute atomic E-state index is 0.0838. The third-order valence-electron chi connectivity index (χ3n) is 7.09. The van der Waals surface area contributed by atoms with Crippen molar-refractivity contribution < 1.29 is 41.4 Å². The molecule has 0 bridgehead atoms. The van der Waals surface area contributed by atoms with Gasteiger partial charge in [0.05, 0.1) is 27.4 Å². The van der Waals surface area contributed by atoms with E-state index in [2.05, 4.69) is 4.98 Å². The molecule has 0 radical (unpaired) electrons. The number of carbonyl (C=O) groups is 2. The zero-order chi connectivity index (χ0) is 32.8. The zero-order valence-electron chi connectivity index (χ0n) is 24.6. The van der Waals surface area contributed by atoms with Gasteiger partial charge in [0, 0.05) is 24.8 Å². The van der Waals surface area contributed by atoms with Crippen molar-refractivity contribution in [1.82, 2.24) is 9.55 Å². The fourth-order valence-corrected chi connectivity index (χ4v) is 4.65. The lowest BCUT2D eigenvalue weighted by Crippen LogP contribution is -2.30. The minimum atomic E-state index is -2.37. The van der Waals surface area contributed by atoms with Gasteiger partial charge in [0.15, 0.2) is 30.0 Å². The molecule has 13 heteroatoms. The highest BCUT2D eigenvalue weighted by Crippen LogP contribution is 2.40. The van der Waals surface area contributed by atoms with Gasteiger partial charge in [0.1, 0.15) is 5.82 Å². The Labute approximate surface area is 248 Å². The summed E-state index contributed by atoms with van der Waals surface area (Å²) in [6, 6.07) is 6.69. The van der Waals surface area contributed by atoms with E-state index in [1.165, 1.54) is 34.7 Å². The smallest absolute Gasteiger partial charge is 0.336 e. The van der Waals surface area contributed by atoms with Crippen LogP contribution in [0.4, 0.5) is 27.6 Å². The van der Waals surface area contributed by atoms with E-state index >= 15 is 0 Å². The maximum Gasteiger partial charge on any atom is 0.336 e. The first kappa shape index (κ1) is 32.1. The Morgan fingerprint density at radius 3 is 2.11 bits per heavy atom. The highest BCUT2D eigenvalue weighted by Gasteiger charge is 2.31. The molecule has 4 aromatic rings. The predicted octanol–water partition coefficient (Wildman–Crippen LogP) is 6.26. The average molecular weight is 618 g/mol. The maximum atomic E-state index is 14.9. The molecule has 44 heavy (non-hydrogen) atoms. The van der Waals surface area contributed by atoms with Gasteiger partial charge in [0.25, 0.3) is 5.56 Å². The number of benzene rings is 3. The number of ether oxygens (including phenoxy) is 1. The number of hydrogen-bond acceptors (Lipinski definition) is 6. The number of carboxylic acids is 1. The summed E-state index contributed by atoms with van der Waals surface area (Å²) >= 11 is 0. The van der Waals surface area contributed by atoms with E-state index in [1.807, 2.05) is 0 Å². The van der Waals surface area contributed by atoms with E-state index in [4.69, 9.17) is 4.74 Å². The van der Waals surface area contributed by atoms with Crippen LogP contribution < -0.4 is 10.5 Å². The molecule has 0 amide bonds. The fourth-order valence-electron chi connectivity index (χ4n) is 4.65. The number of halogens is 5. The first-order valence-corrected chi connectivity index (χ1v) is 13.2. The molecule has 0 spiro atoms. The summed E-state index contributed by atoms with van der Waals surface area (Å²) in [5.41, 5.74) is -2.76. The highest BCUT2D eigenvalue weighted by atomic mass is 19.2. The Kier molecular flexibility index (Phi) is 8.54. The quantitative estimate of drug-likeness (QED) is 0.113. The van der Waals surface area contributed by atoms with Crippen LogP contribution in [0.15, 0.2) is 35.1 Å². The Balaban J connectivity index is 1.83. The van der Waals surface area contributed by atoms with Crippen LogP contribution in [0.5, 0.6) is 0 Å². The van der Waals surface area contributed by atoms with Gasteiger partial charge in [-0.2, -0.15) is 0 Å². The summed E-state index contributed by atoms with van der Waals surface area (Å²) in [4.78, 5) is 43.5. The number of carboxylic acid groups (broad SMARTS) is 1. The van der Waals surface area contributed by atoms with Gasteiger partial charge < -0.3 is 14.7 Å². The topological polar surface area (TPSA) is 102 Å². The van der Waals surface area contributed by atoms with E-state index in [0.29, 0.717) is 22.5 Å². The fraction of sp³-hybridized carbons (Fsp3) is 0.290. The van der Waals surface area contributed by atoms with E-state index in [9.17, 15) is 41.4 Å². The summed E-state index contributed by atoms with van der Waals surface area (Å²) in [6.07, 6.45) is 0. The summed E-state index contributed by atoms with van der Waals surface area (Å²) in [6.45, 7) is 7.84. The molecule has 0 aliphatic carbocycles. The minimum Gasteiger partial charge on any atom is -0.478 e. The Morgan fingerprint density at radius 1 is 0.955 bits per heavy atom. The second-order valence-electron chi connectivity index (χ2n) is 11.3. The third-order valence-corrected chi connectivity index (χ3v) is 7.09. The van der Waals surface area contributed by atoms with Crippen LogP contribution in [0.2, 0.25) is 0 Å². The molecule has 0 saturated carbocycles. The number of hydrogen-bond donors (Lipinski definition) is 1. The Bertz CT molecular complexity index is 1870. The number of esters is 1. The average Bonchev–Trinajstić information content (AvgIpc) is 2.95. The van der Waals surface area contributed by atoms with E-state index in [1.54, 1.807) is 40.7 Å². The highest BCUT2D eigenvalue weighted by molar-refractivity contribution is 6.00. The predicted molar refractivity (Wildman–Crippen MR) is 152 cm³/mol. The van der Waals surface area contributed by atoms with Gasteiger partial charge in [-0.15, -0.1) is 0 Å². The number of aryl methyl sites for hydroxylation is 2. The first-order valence-electron chi connectivity index (χ1n) is 13.2. The van der Waals surface area contributed by atoms with Gasteiger partial charge >= 0.3 is 11.9 Å². The van der Waals surface area contributed by atoms with Crippen molar-refractivity contribution in [2.45, 2.75) is 47.9 Å². The lowest BCUT2D eigenvalue weighted by Gasteiger charge is -2.25. The number of aromatic nitrogens is 2. The molecule has 0 aliphatic rings. The molecule has 1 aromatic heterocycles.